The monoisotopic (exact) mass is 409 g/mol. The summed E-state index contributed by atoms with van der Waals surface area (Å²) in [6, 6.07) is 14.0. The van der Waals surface area contributed by atoms with Crippen LogP contribution in [0.2, 0.25) is 0 Å². The minimum Gasteiger partial charge on any atom is -0.336 e. The SMILES string of the molecule is CC(C)NC(=O)N1CCC(CC#N)(N2CC(CN[C@@H]3C[C@H]3c3ccccc3)C2)CC1. The maximum atomic E-state index is 12.3. The van der Waals surface area contributed by atoms with Gasteiger partial charge in [0.05, 0.1) is 12.5 Å². The molecule has 162 valence electrons. The van der Waals surface area contributed by atoms with Gasteiger partial charge in [-0.1, -0.05) is 30.3 Å². The molecule has 1 aromatic carbocycles. The number of nitrogens with zero attached hydrogens (tertiary/aromatic N) is 3. The number of hydrogen-bond acceptors (Lipinski definition) is 4. The highest BCUT2D eigenvalue weighted by atomic mass is 16.2. The summed E-state index contributed by atoms with van der Waals surface area (Å²) in [7, 11) is 0. The van der Waals surface area contributed by atoms with Crippen molar-refractivity contribution in [1.82, 2.24) is 20.4 Å². The average Bonchev–Trinajstić information content (AvgIpc) is 3.47. The van der Waals surface area contributed by atoms with E-state index in [1.54, 1.807) is 0 Å². The van der Waals surface area contributed by atoms with Gasteiger partial charge < -0.3 is 15.5 Å². The molecule has 2 aliphatic heterocycles. The van der Waals surface area contributed by atoms with Gasteiger partial charge in [-0.05, 0) is 44.6 Å². The lowest BCUT2D eigenvalue weighted by Crippen LogP contribution is -2.65. The van der Waals surface area contributed by atoms with Crippen molar-refractivity contribution in [3.63, 3.8) is 0 Å². The zero-order chi connectivity index (χ0) is 21.1. The molecule has 3 fully saturated rings. The molecule has 1 aliphatic carbocycles. The zero-order valence-electron chi connectivity index (χ0n) is 18.3. The Bertz CT molecular complexity index is 760. The van der Waals surface area contributed by atoms with Gasteiger partial charge in [-0.3, -0.25) is 4.90 Å². The molecule has 6 heteroatoms. The van der Waals surface area contributed by atoms with Gasteiger partial charge in [0, 0.05) is 56.3 Å². The van der Waals surface area contributed by atoms with Crippen LogP contribution in [-0.2, 0) is 0 Å². The molecule has 3 aliphatic rings. The summed E-state index contributed by atoms with van der Waals surface area (Å²) in [6.07, 6.45) is 3.59. The van der Waals surface area contributed by atoms with E-state index in [1.807, 2.05) is 18.7 Å². The van der Waals surface area contributed by atoms with Crippen LogP contribution < -0.4 is 10.6 Å². The summed E-state index contributed by atoms with van der Waals surface area (Å²) in [5.41, 5.74) is 1.40. The third-order valence-electron chi connectivity index (χ3n) is 7.12. The summed E-state index contributed by atoms with van der Waals surface area (Å²) >= 11 is 0. The molecular weight excluding hydrogens is 374 g/mol. The molecule has 1 saturated carbocycles. The predicted molar refractivity (Wildman–Crippen MR) is 118 cm³/mol. The molecule has 1 aromatic rings. The Morgan fingerprint density at radius 3 is 2.57 bits per heavy atom. The molecule has 0 unspecified atom stereocenters. The van der Waals surface area contributed by atoms with E-state index in [4.69, 9.17) is 0 Å². The van der Waals surface area contributed by atoms with Crippen molar-refractivity contribution >= 4 is 6.03 Å². The Morgan fingerprint density at radius 2 is 1.93 bits per heavy atom. The second-order valence-corrected chi connectivity index (χ2v) is 9.69. The average molecular weight is 410 g/mol. The van der Waals surface area contributed by atoms with Gasteiger partial charge in [-0.25, -0.2) is 4.79 Å². The highest BCUT2D eigenvalue weighted by molar-refractivity contribution is 5.74. The number of hydrogen-bond donors (Lipinski definition) is 2. The lowest BCUT2D eigenvalue weighted by Gasteiger charge is -2.54. The summed E-state index contributed by atoms with van der Waals surface area (Å²) < 4.78 is 0. The zero-order valence-corrected chi connectivity index (χ0v) is 18.3. The number of piperidine rings is 1. The third kappa shape index (κ3) is 4.63. The van der Waals surface area contributed by atoms with Crippen molar-refractivity contribution in [1.29, 1.82) is 5.26 Å². The molecule has 2 atom stereocenters. The molecule has 4 rings (SSSR count). The van der Waals surface area contributed by atoms with Crippen LogP contribution in [0.25, 0.3) is 0 Å². The Balaban J connectivity index is 1.22. The molecule has 0 spiro atoms. The smallest absolute Gasteiger partial charge is 0.317 e. The molecule has 6 nitrogen and oxygen atoms in total. The number of amides is 2. The highest BCUT2D eigenvalue weighted by Crippen LogP contribution is 2.41. The van der Waals surface area contributed by atoms with Crippen molar-refractivity contribution in [2.24, 2.45) is 5.92 Å². The number of likely N-dealkylation sites (tertiary alicyclic amines) is 2. The Hall–Kier alpha value is -2.10. The van der Waals surface area contributed by atoms with Crippen LogP contribution >= 0.6 is 0 Å². The molecule has 30 heavy (non-hydrogen) atoms. The molecule has 0 aromatic heterocycles. The first-order valence-electron chi connectivity index (χ1n) is 11.5. The lowest BCUT2D eigenvalue weighted by molar-refractivity contribution is -0.0432. The van der Waals surface area contributed by atoms with Gasteiger partial charge in [0.2, 0.25) is 0 Å². The molecule has 2 N–H and O–H groups in total. The van der Waals surface area contributed by atoms with E-state index in [0.717, 1.165) is 45.6 Å². The minimum absolute atomic E-state index is 0.0265. The lowest BCUT2D eigenvalue weighted by atomic mass is 9.79. The summed E-state index contributed by atoms with van der Waals surface area (Å²) in [4.78, 5) is 16.7. The summed E-state index contributed by atoms with van der Waals surface area (Å²) in [6.45, 7) is 8.64. The molecule has 2 heterocycles. The van der Waals surface area contributed by atoms with Crippen LogP contribution in [0, 0.1) is 17.2 Å². The Labute approximate surface area is 180 Å². The van der Waals surface area contributed by atoms with E-state index >= 15 is 0 Å². The van der Waals surface area contributed by atoms with Gasteiger partial charge in [0.1, 0.15) is 0 Å². The van der Waals surface area contributed by atoms with Crippen molar-refractivity contribution in [2.75, 3.05) is 32.7 Å². The molecule has 2 saturated heterocycles. The maximum absolute atomic E-state index is 12.3. The quantitative estimate of drug-likeness (QED) is 0.726. The van der Waals surface area contributed by atoms with Gasteiger partial charge in [0.15, 0.2) is 0 Å². The number of nitriles is 1. The highest BCUT2D eigenvalue weighted by Gasteiger charge is 2.46. The first-order chi connectivity index (χ1) is 14.5. The van der Waals surface area contributed by atoms with Crippen molar-refractivity contribution in [3.8, 4) is 6.07 Å². The summed E-state index contributed by atoms with van der Waals surface area (Å²) in [5.74, 6) is 1.34. The van der Waals surface area contributed by atoms with Crippen LogP contribution in [0.4, 0.5) is 4.79 Å². The molecule has 0 radical (unpaired) electrons. The maximum Gasteiger partial charge on any atom is 0.317 e. The first-order valence-corrected chi connectivity index (χ1v) is 11.5. The van der Waals surface area contributed by atoms with E-state index < -0.39 is 0 Å². The number of carbonyl (C=O) groups excluding carboxylic acids is 1. The van der Waals surface area contributed by atoms with E-state index in [1.165, 1.54) is 12.0 Å². The first kappa shape index (κ1) is 21.1. The van der Waals surface area contributed by atoms with Gasteiger partial charge in [-0.2, -0.15) is 5.26 Å². The van der Waals surface area contributed by atoms with E-state index in [9.17, 15) is 10.1 Å². The second kappa shape index (κ2) is 8.95. The Kier molecular flexibility index (Phi) is 6.31. The Morgan fingerprint density at radius 1 is 1.23 bits per heavy atom. The van der Waals surface area contributed by atoms with Crippen LogP contribution in [0.15, 0.2) is 30.3 Å². The van der Waals surface area contributed by atoms with Crippen LogP contribution in [0.3, 0.4) is 0 Å². The van der Waals surface area contributed by atoms with Crippen LogP contribution in [0.5, 0.6) is 0 Å². The van der Waals surface area contributed by atoms with Gasteiger partial charge in [0.25, 0.3) is 0 Å². The van der Waals surface area contributed by atoms with Crippen molar-refractivity contribution in [2.45, 2.75) is 63.1 Å². The second-order valence-electron chi connectivity index (χ2n) is 9.69. The summed E-state index contributed by atoms with van der Waals surface area (Å²) in [5, 5.41) is 16.2. The van der Waals surface area contributed by atoms with E-state index in [2.05, 4.69) is 51.9 Å². The fraction of sp³-hybridized carbons (Fsp3) is 0.667. The number of carbonyl (C=O) groups is 1. The number of benzene rings is 1. The van der Waals surface area contributed by atoms with Gasteiger partial charge >= 0.3 is 6.03 Å². The fourth-order valence-electron chi connectivity index (χ4n) is 5.11. The number of urea groups is 1. The number of nitrogens with one attached hydrogen (secondary N) is 2. The largest absolute Gasteiger partial charge is 0.336 e. The van der Waals surface area contributed by atoms with Crippen molar-refractivity contribution in [3.05, 3.63) is 35.9 Å². The van der Waals surface area contributed by atoms with E-state index in [-0.39, 0.29) is 17.6 Å². The van der Waals surface area contributed by atoms with Gasteiger partial charge in [-0.15, -0.1) is 0 Å². The normalized spacial score (nSPS) is 26.1. The van der Waals surface area contributed by atoms with Crippen molar-refractivity contribution < 1.29 is 4.79 Å². The fourth-order valence-corrected chi connectivity index (χ4v) is 5.11. The van der Waals surface area contributed by atoms with Crippen LogP contribution in [-0.4, -0.2) is 66.2 Å². The molecule has 0 bridgehead atoms. The molecular formula is C24H35N5O. The predicted octanol–water partition coefficient (Wildman–Crippen LogP) is 2.93. The standard InChI is InChI=1S/C24H35N5O/c1-18(2)27-23(30)28-12-9-24(8-11-25,10-13-28)29-16-19(17-29)15-26-22-14-21(22)20-6-4-3-5-7-20/h3-7,18-19,21-22,26H,8-10,12-17H2,1-2H3,(H,27,30)/t21-,22+/m0/s1. The topological polar surface area (TPSA) is 71.4 Å². The van der Waals surface area contributed by atoms with E-state index in [0.29, 0.717) is 24.3 Å². The van der Waals surface area contributed by atoms with Crippen LogP contribution in [0.1, 0.15) is 51.0 Å². The minimum atomic E-state index is -0.0496. The third-order valence-corrected chi connectivity index (χ3v) is 7.12. The molecule has 2 amide bonds. The number of rotatable bonds is 7.